The van der Waals surface area contributed by atoms with Crippen LogP contribution in [0.25, 0.3) is 16.9 Å². The summed E-state index contributed by atoms with van der Waals surface area (Å²) in [5.74, 6) is 0. The molecule has 0 spiro atoms. The highest BCUT2D eigenvalue weighted by Crippen LogP contribution is 2.14. The van der Waals surface area contributed by atoms with Gasteiger partial charge in [-0.2, -0.15) is 0 Å². The Hall–Kier alpha value is -2.76. The van der Waals surface area contributed by atoms with E-state index in [-0.39, 0.29) is 5.56 Å². The standard InChI is InChI=1S/C14H13N5O/c1-2-11-4-5-12(7-15-11)19-9-10(3-6-14(19)20)13-8-16-18-17-13/h3-9H,2H2,1H3,(H,16,17,18). The normalized spacial score (nSPS) is 10.7. The molecule has 0 atom stereocenters. The van der Waals surface area contributed by atoms with Crippen molar-refractivity contribution in [2.75, 3.05) is 0 Å². The zero-order valence-electron chi connectivity index (χ0n) is 10.9. The highest BCUT2D eigenvalue weighted by molar-refractivity contribution is 5.56. The molecule has 0 aromatic carbocycles. The maximum Gasteiger partial charge on any atom is 0.255 e. The Kier molecular flexibility index (Phi) is 3.12. The van der Waals surface area contributed by atoms with Crippen LogP contribution in [0.5, 0.6) is 0 Å². The minimum Gasteiger partial charge on any atom is -0.282 e. The molecule has 0 aliphatic rings. The third-order valence-electron chi connectivity index (χ3n) is 3.07. The number of aromatic nitrogens is 5. The van der Waals surface area contributed by atoms with Gasteiger partial charge in [-0.25, -0.2) is 0 Å². The second-order valence-corrected chi connectivity index (χ2v) is 4.35. The van der Waals surface area contributed by atoms with Gasteiger partial charge in [-0.15, -0.1) is 5.10 Å². The lowest BCUT2D eigenvalue weighted by atomic mass is 10.2. The van der Waals surface area contributed by atoms with Crippen molar-refractivity contribution >= 4 is 0 Å². The van der Waals surface area contributed by atoms with E-state index in [4.69, 9.17) is 0 Å². The predicted molar refractivity (Wildman–Crippen MR) is 74.6 cm³/mol. The fraction of sp³-hybridized carbons (Fsp3) is 0.143. The summed E-state index contributed by atoms with van der Waals surface area (Å²) >= 11 is 0. The van der Waals surface area contributed by atoms with Gasteiger partial charge in [0.2, 0.25) is 0 Å². The molecule has 0 fully saturated rings. The van der Waals surface area contributed by atoms with E-state index in [2.05, 4.69) is 20.4 Å². The van der Waals surface area contributed by atoms with Crippen LogP contribution in [0.2, 0.25) is 0 Å². The van der Waals surface area contributed by atoms with E-state index in [9.17, 15) is 4.79 Å². The first-order valence-electron chi connectivity index (χ1n) is 6.33. The van der Waals surface area contributed by atoms with Crippen LogP contribution in [0.3, 0.4) is 0 Å². The van der Waals surface area contributed by atoms with Crippen LogP contribution in [0.1, 0.15) is 12.6 Å². The van der Waals surface area contributed by atoms with Gasteiger partial charge in [0.05, 0.1) is 18.1 Å². The van der Waals surface area contributed by atoms with Crippen LogP contribution in [-0.2, 0) is 6.42 Å². The Morgan fingerprint density at radius 3 is 2.80 bits per heavy atom. The molecule has 1 N–H and O–H groups in total. The lowest BCUT2D eigenvalue weighted by Gasteiger charge is -2.07. The van der Waals surface area contributed by atoms with E-state index < -0.39 is 0 Å². The van der Waals surface area contributed by atoms with Crippen molar-refractivity contribution < 1.29 is 0 Å². The lowest BCUT2D eigenvalue weighted by molar-refractivity contribution is 0.937. The summed E-state index contributed by atoms with van der Waals surface area (Å²) in [6.45, 7) is 2.04. The molecule has 0 radical (unpaired) electrons. The zero-order chi connectivity index (χ0) is 13.9. The van der Waals surface area contributed by atoms with Gasteiger partial charge < -0.3 is 0 Å². The molecule has 0 aliphatic heterocycles. The molecule has 6 nitrogen and oxygen atoms in total. The summed E-state index contributed by atoms with van der Waals surface area (Å²) in [5.41, 5.74) is 3.13. The third kappa shape index (κ3) is 2.23. The van der Waals surface area contributed by atoms with Crippen LogP contribution in [0, 0.1) is 0 Å². The van der Waals surface area contributed by atoms with E-state index in [1.807, 2.05) is 19.1 Å². The number of nitrogens with one attached hydrogen (secondary N) is 1. The Bertz CT molecular complexity index is 759. The zero-order valence-corrected chi connectivity index (χ0v) is 10.9. The van der Waals surface area contributed by atoms with Gasteiger partial charge in [0.25, 0.3) is 5.56 Å². The maximum absolute atomic E-state index is 12.0. The molecule has 0 bridgehead atoms. The van der Waals surface area contributed by atoms with Crippen molar-refractivity contribution in [2.24, 2.45) is 0 Å². The second kappa shape index (κ2) is 5.08. The quantitative estimate of drug-likeness (QED) is 0.781. The first kappa shape index (κ1) is 12.3. The average molecular weight is 267 g/mol. The van der Waals surface area contributed by atoms with E-state index in [1.54, 1.807) is 29.2 Å². The molecule has 0 amide bonds. The van der Waals surface area contributed by atoms with Gasteiger partial charge in [0.15, 0.2) is 0 Å². The van der Waals surface area contributed by atoms with Gasteiger partial charge in [-0.3, -0.25) is 19.4 Å². The summed E-state index contributed by atoms with van der Waals surface area (Å²) in [7, 11) is 0. The first-order chi connectivity index (χ1) is 9.78. The van der Waals surface area contributed by atoms with E-state index in [1.165, 1.54) is 6.07 Å². The van der Waals surface area contributed by atoms with Gasteiger partial charge in [0.1, 0.15) is 5.69 Å². The van der Waals surface area contributed by atoms with Crippen LogP contribution in [0.4, 0.5) is 0 Å². The number of nitrogens with zero attached hydrogens (tertiary/aromatic N) is 4. The van der Waals surface area contributed by atoms with Gasteiger partial charge in [-0.1, -0.05) is 12.1 Å². The molecule has 0 saturated carbocycles. The summed E-state index contributed by atoms with van der Waals surface area (Å²) in [6, 6.07) is 7.05. The van der Waals surface area contributed by atoms with E-state index in [0.717, 1.165) is 23.4 Å². The molecule has 3 aromatic heterocycles. The van der Waals surface area contributed by atoms with Crippen LogP contribution < -0.4 is 5.56 Å². The van der Waals surface area contributed by atoms with E-state index >= 15 is 0 Å². The van der Waals surface area contributed by atoms with Crippen molar-refractivity contribution in [3.05, 3.63) is 58.9 Å². The minimum atomic E-state index is -0.108. The number of hydrogen-bond acceptors (Lipinski definition) is 4. The molecule has 6 heteroatoms. The van der Waals surface area contributed by atoms with Gasteiger partial charge in [0, 0.05) is 23.5 Å². The molecule has 0 aliphatic carbocycles. The highest BCUT2D eigenvalue weighted by atomic mass is 16.1. The van der Waals surface area contributed by atoms with Gasteiger partial charge >= 0.3 is 0 Å². The number of aromatic amines is 1. The number of hydrogen-bond donors (Lipinski definition) is 1. The highest BCUT2D eigenvalue weighted by Gasteiger charge is 2.05. The van der Waals surface area contributed by atoms with Crippen molar-refractivity contribution in [2.45, 2.75) is 13.3 Å². The Morgan fingerprint density at radius 2 is 2.15 bits per heavy atom. The lowest BCUT2D eigenvalue weighted by Crippen LogP contribution is -2.16. The fourth-order valence-corrected chi connectivity index (χ4v) is 1.95. The molecule has 3 heterocycles. The number of aryl methyl sites for hydroxylation is 1. The smallest absolute Gasteiger partial charge is 0.255 e. The monoisotopic (exact) mass is 267 g/mol. The van der Waals surface area contributed by atoms with Crippen LogP contribution in [-0.4, -0.2) is 25.0 Å². The predicted octanol–water partition coefficient (Wildman–Crippen LogP) is 1.58. The molecular weight excluding hydrogens is 254 g/mol. The average Bonchev–Trinajstić information content (AvgIpc) is 3.02. The number of H-pyrrole nitrogens is 1. The van der Waals surface area contributed by atoms with Crippen LogP contribution in [0.15, 0.2) is 47.7 Å². The largest absolute Gasteiger partial charge is 0.282 e. The molecule has 0 unspecified atom stereocenters. The number of rotatable bonds is 3. The second-order valence-electron chi connectivity index (χ2n) is 4.35. The molecule has 20 heavy (non-hydrogen) atoms. The van der Waals surface area contributed by atoms with Gasteiger partial charge in [-0.05, 0) is 24.6 Å². The molecule has 0 saturated heterocycles. The first-order valence-corrected chi connectivity index (χ1v) is 6.33. The molecule has 100 valence electrons. The third-order valence-corrected chi connectivity index (χ3v) is 3.07. The minimum absolute atomic E-state index is 0.108. The summed E-state index contributed by atoms with van der Waals surface area (Å²) in [4.78, 5) is 16.3. The molecular formula is C14H13N5O. The summed E-state index contributed by atoms with van der Waals surface area (Å²) < 4.78 is 1.55. The Balaban J connectivity index is 2.08. The summed E-state index contributed by atoms with van der Waals surface area (Å²) in [5, 5.41) is 10.3. The Labute approximate surface area is 115 Å². The molecule has 3 aromatic rings. The van der Waals surface area contributed by atoms with Crippen molar-refractivity contribution in [3.63, 3.8) is 0 Å². The van der Waals surface area contributed by atoms with Crippen molar-refractivity contribution in [1.29, 1.82) is 0 Å². The van der Waals surface area contributed by atoms with Crippen LogP contribution >= 0.6 is 0 Å². The SMILES string of the molecule is CCc1ccc(-n2cc(-c3c[nH]nn3)ccc2=O)cn1. The fourth-order valence-electron chi connectivity index (χ4n) is 1.95. The maximum atomic E-state index is 12.0. The molecule has 3 rings (SSSR count). The number of pyridine rings is 2. The Morgan fingerprint density at radius 1 is 1.25 bits per heavy atom. The summed E-state index contributed by atoms with van der Waals surface area (Å²) in [6.07, 6.45) is 5.99. The topological polar surface area (TPSA) is 76.5 Å². The van der Waals surface area contributed by atoms with E-state index in [0.29, 0.717) is 5.69 Å². The van der Waals surface area contributed by atoms with Crippen molar-refractivity contribution in [3.8, 4) is 16.9 Å². The van der Waals surface area contributed by atoms with Crippen molar-refractivity contribution in [1.82, 2.24) is 25.0 Å².